The van der Waals surface area contributed by atoms with Gasteiger partial charge in [-0.2, -0.15) is 0 Å². The van der Waals surface area contributed by atoms with Crippen molar-refractivity contribution in [2.24, 2.45) is 0 Å². The summed E-state index contributed by atoms with van der Waals surface area (Å²) in [6.07, 6.45) is 1.00. The number of alkyl halides is 2. The summed E-state index contributed by atoms with van der Waals surface area (Å²) in [6, 6.07) is 0. The summed E-state index contributed by atoms with van der Waals surface area (Å²) in [6.45, 7) is 1.84. The van der Waals surface area contributed by atoms with Gasteiger partial charge in [0.15, 0.2) is 4.84 Å². The monoisotopic (exact) mass is 197 g/mol. The van der Waals surface area contributed by atoms with E-state index >= 15 is 0 Å². The van der Waals surface area contributed by atoms with Crippen molar-refractivity contribution in [1.82, 2.24) is 5.32 Å². The van der Waals surface area contributed by atoms with Gasteiger partial charge >= 0.3 is 0 Å². The molecule has 3 nitrogen and oxygen atoms in total. The van der Waals surface area contributed by atoms with Crippen molar-refractivity contribution in [3.05, 3.63) is 0 Å². The lowest BCUT2D eigenvalue weighted by Gasteiger charge is -2.01. The van der Waals surface area contributed by atoms with Gasteiger partial charge in [0.1, 0.15) is 0 Å². The predicted octanol–water partition coefficient (Wildman–Crippen LogP) is 1.23. The van der Waals surface area contributed by atoms with Gasteiger partial charge in [0, 0.05) is 6.42 Å². The van der Waals surface area contributed by atoms with E-state index in [-0.39, 0.29) is 5.91 Å². The molecule has 0 heterocycles. The van der Waals surface area contributed by atoms with E-state index in [1.165, 1.54) is 0 Å². The van der Waals surface area contributed by atoms with Gasteiger partial charge in [0.25, 0.3) is 5.91 Å². The molecule has 0 aliphatic heterocycles. The number of hydrogen-bond donors (Lipinski definition) is 1. The molecule has 0 aromatic heterocycles. The van der Waals surface area contributed by atoms with Gasteiger partial charge in [-0.3, -0.25) is 14.9 Å². The fourth-order valence-corrected chi connectivity index (χ4v) is 0.591. The zero-order valence-corrected chi connectivity index (χ0v) is 7.58. The number of hydrogen-bond acceptors (Lipinski definition) is 2. The van der Waals surface area contributed by atoms with Gasteiger partial charge in [-0.05, 0) is 6.42 Å². The highest BCUT2D eigenvalue weighted by Crippen LogP contribution is 2.00. The first-order valence-electron chi connectivity index (χ1n) is 3.19. The fraction of sp³-hybridized carbons (Fsp3) is 0.667. The van der Waals surface area contributed by atoms with Crippen LogP contribution in [0, 0.1) is 0 Å². The van der Waals surface area contributed by atoms with Crippen molar-refractivity contribution in [2.45, 2.75) is 24.6 Å². The van der Waals surface area contributed by atoms with Gasteiger partial charge in [0.05, 0.1) is 0 Å². The van der Waals surface area contributed by atoms with Crippen LogP contribution in [-0.2, 0) is 9.59 Å². The molecule has 0 saturated heterocycles. The van der Waals surface area contributed by atoms with E-state index in [0.717, 1.165) is 0 Å². The molecular formula is C6H9Cl2NO2. The first-order valence-corrected chi connectivity index (χ1v) is 4.07. The molecule has 0 spiro atoms. The summed E-state index contributed by atoms with van der Waals surface area (Å²) in [7, 11) is 0. The molecule has 0 aliphatic rings. The van der Waals surface area contributed by atoms with Crippen LogP contribution in [0.4, 0.5) is 0 Å². The molecule has 2 amide bonds. The maximum atomic E-state index is 10.7. The number of carbonyl (C=O) groups excluding carboxylic acids is 2. The number of imide groups is 1. The first-order chi connectivity index (χ1) is 5.07. The van der Waals surface area contributed by atoms with Gasteiger partial charge in [-0.25, -0.2) is 0 Å². The Labute approximate surface area is 75.0 Å². The van der Waals surface area contributed by atoms with Gasteiger partial charge < -0.3 is 0 Å². The highest BCUT2D eigenvalue weighted by atomic mass is 35.5. The van der Waals surface area contributed by atoms with Crippen molar-refractivity contribution in [1.29, 1.82) is 0 Å². The molecule has 11 heavy (non-hydrogen) atoms. The average molecular weight is 198 g/mol. The molecule has 0 fully saturated rings. The summed E-state index contributed by atoms with van der Waals surface area (Å²) in [5.74, 6) is -1.00. The molecule has 0 unspecified atom stereocenters. The van der Waals surface area contributed by atoms with Crippen LogP contribution in [-0.4, -0.2) is 16.7 Å². The van der Waals surface area contributed by atoms with Crippen LogP contribution in [0.3, 0.4) is 0 Å². The molecule has 0 radical (unpaired) electrons. The van der Waals surface area contributed by atoms with Crippen LogP contribution in [0.15, 0.2) is 0 Å². The molecular weight excluding hydrogens is 189 g/mol. The lowest BCUT2D eigenvalue weighted by atomic mass is 10.3. The van der Waals surface area contributed by atoms with Crippen molar-refractivity contribution in [3.63, 3.8) is 0 Å². The SMILES string of the molecule is CCCC(=O)NC(=O)C(Cl)Cl. The first kappa shape index (κ1) is 10.7. The standard InChI is InChI=1S/C6H9Cl2NO2/c1-2-3-4(10)9-6(11)5(7)8/h5H,2-3H2,1H3,(H,9,10,11). The Bertz CT molecular complexity index is 159. The van der Waals surface area contributed by atoms with Crippen LogP contribution in [0.1, 0.15) is 19.8 Å². The number of halogens is 2. The Balaban J connectivity index is 3.67. The second-order valence-electron chi connectivity index (χ2n) is 1.96. The van der Waals surface area contributed by atoms with E-state index in [1.54, 1.807) is 0 Å². The van der Waals surface area contributed by atoms with Crippen molar-refractivity contribution in [2.75, 3.05) is 0 Å². The Morgan fingerprint density at radius 1 is 1.45 bits per heavy atom. The zero-order chi connectivity index (χ0) is 8.85. The third-order valence-electron chi connectivity index (χ3n) is 0.938. The summed E-state index contributed by atoms with van der Waals surface area (Å²) in [5, 5.41) is 2.04. The molecule has 0 rings (SSSR count). The lowest BCUT2D eigenvalue weighted by Crippen LogP contribution is -2.33. The minimum Gasteiger partial charge on any atom is -0.294 e. The highest BCUT2D eigenvalue weighted by molar-refractivity contribution is 6.54. The van der Waals surface area contributed by atoms with Gasteiger partial charge in [-0.15, -0.1) is 0 Å². The largest absolute Gasteiger partial charge is 0.294 e. The molecule has 1 N–H and O–H groups in total. The topological polar surface area (TPSA) is 46.2 Å². The van der Waals surface area contributed by atoms with Gasteiger partial charge in [-0.1, -0.05) is 30.1 Å². The Kier molecular flexibility index (Phi) is 5.24. The number of carbonyl (C=O) groups is 2. The fourth-order valence-electron chi connectivity index (χ4n) is 0.482. The van der Waals surface area contributed by atoms with Crippen LogP contribution in [0.25, 0.3) is 0 Å². The molecule has 0 saturated carbocycles. The second kappa shape index (κ2) is 5.38. The molecule has 5 heteroatoms. The molecule has 0 bridgehead atoms. The molecule has 0 aliphatic carbocycles. The number of nitrogens with one attached hydrogen (secondary N) is 1. The quantitative estimate of drug-likeness (QED) is 0.693. The van der Waals surface area contributed by atoms with E-state index in [0.29, 0.717) is 12.8 Å². The molecule has 64 valence electrons. The van der Waals surface area contributed by atoms with Crippen molar-refractivity contribution < 1.29 is 9.59 Å². The summed E-state index contributed by atoms with van der Waals surface area (Å²) >= 11 is 10.3. The summed E-state index contributed by atoms with van der Waals surface area (Å²) in [5.41, 5.74) is 0. The molecule has 0 atom stereocenters. The normalized spacial score (nSPS) is 9.82. The number of amides is 2. The Morgan fingerprint density at radius 2 is 2.00 bits per heavy atom. The predicted molar refractivity (Wildman–Crippen MR) is 43.6 cm³/mol. The minimum atomic E-state index is -1.17. The van der Waals surface area contributed by atoms with Crippen LogP contribution in [0.5, 0.6) is 0 Å². The lowest BCUT2D eigenvalue weighted by molar-refractivity contribution is -0.129. The Morgan fingerprint density at radius 3 is 2.36 bits per heavy atom. The van der Waals surface area contributed by atoms with E-state index < -0.39 is 10.7 Å². The minimum absolute atomic E-state index is 0.312. The van der Waals surface area contributed by atoms with Crippen molar-refractivity contribution in [3.8, 4) is 0 Å². The van der Waals surface area contributed by atoms with Crippen molar-refractivity contribution >= 4 is 35.0 Å². The summed E-state index contributed by atoms with van der Waals surface area (Å²) in [4.78, 5) is 20.2. The zero-order valence-electron chi connectivity index (χ0n) is 6.06. The highest BCUT2D eigenvalue weighted by Gasteiger charge is 2.13. The van der Waals surface area contributed by atoms with E-state index in [2.05, 4.69) is 0 Å². The Hall–Kier alpha value is -0.280. The van der Waals surface area contributed by atoms with Crippen LogP contribution >= 0.6 is 23.2 Å². The number of rotatable bonds is 3. The average Bonchev–Trinajstić information content (AvgIpc) is 1.87. The molecule has 0 aromatic carbocycles. The smallest absolute Gasteiger partial charge is 0.259 e. The third kappa shape index (κ3) is 5.04. The van der Waals surface area contributed by atoms with E-state index in [9.17, 15) is 9.59 Å². The maximum absolute atomic E-state index is 10.7. The third-order valence-corrected chi connectivity index (χ3v) is 1.33. The van der Waals surface area contributed by atoms with E-state index in [1.807, 2.05) is 12.2 Å². The van der Waals surface area contributed by atoms with E-state index in [4.69, 9.17) is 23.2 Å². The molecule has 0 aromatic rings. The second-order valence-corrected chi connectivity index (χ2v) is 3.06. The van der Waals surface area contributed by atoms with Gasteiger partial charge in [0.2, 0.25) is 5.91 Å². The van der Waals surface area contributed by atoms with Crippen LogP contribution < -0.4 is 5.32 Å². The maximum Gasteiger partial charge on any atom is 0.259 e. The summed E-state index contributed by atoms with van der Waals surface area (Å²) < 4.78 is 0. The van der Waals surface area contributed by atoms with Crippen LogP contribution in [0.2, 0.25) is 0 Å².